The molecule has 0 saturated heterocycles. The summed E-state index contributed by atoms with van der Waals surface area (Å²) in [7, 11) is 0. The molecule has 2 aromatic rings. The molecule has 0 aliphatic heterocycles. The molecule has 0 atom stereocenters. The van der Waals surface area contributed by atoms with Gasteiger partial charge in [0.05, 0.1) is 29.2 Å². The molecule has 0 bridgehead atoms. The zero-order chi connectivity index (χ0) is 13.7. The van der Waals surface area contributed by atoms with Crippen LogP contribution in [-0.4, -0.2) is 17.6 Å². The number of carbonyl (C=O) groups excluding carboxylic acids is 1. The van der Waals surface area contributed by atoms with Gasteiger partial charge in [-0.1, -0.05) is 17.0 Å². The van der Waals surface area contributed by atoms with Crippen LogP contribution in [0.1, 0.15) is 26.7 Å². The lowest BCUT2D eigenvalue weighted by Crippen LogP contribution is -2.21. The third-order valence-electron chi connectivity index (χ3n) is 2.28. The Morgan fingerprint density at radius 1 is 1.58 bits per heavy atom. The van der Waals surface area contributed by atoms with Gasteiger partial charge >= 0.3 is 0 Å². The molecule has 2 rings (SSSR count). The third-order valence-corrected chi connectivity index (χ3v) is 3.12. The Morgan fingerprint density at radius 3 is 3.11 bits per heavy atom. The summed E-state index contributed by atoms with van der Waals surface area (Å²) >= 11 is 1.42. The van der Waals surface area contributed by atoms with Gasteiger partial charge < -0.3 is 15.6 Å². The lowest BCUT2D eigenvalue weighted by molar-refractivity contribution is 0.0947. The molecule has 0 saturated carbocycles. The van der Waals surface area contributed by atoms with E-state index < -0.39 is 0 Å². The lowest BCUT2D eigenvalue weighted by atomic mass is 10.3. The maximum atomic E-state index is 11.9. The van der Waals surface area contributed by atoms with Crippen molar-refractivity contribution in [2.75, 3.05) is 6.54 Å². The van der Waals surface area contributed by atoms with Gasteiger partial charge in [0.15, 0.2) is 5.76 Å². The van der Waals surface area contributed by atoms with E-state index in [-0.39, 0.29) is 5.91 Å². The zero-order valence-electron chi connectivity index (χ0n) is 10.4. The highest BCUT2D eigenvalue weighted by Crippen LogP contribution is 2.13. The van der Waals surface area contributed by atoms with E-state index >= 15 is 0 Å². The molecule has 0 spiro atoms. The molecule has 1 amide bonds. The Morgan fingerprint density at radius 2 is 2.42 bits per heavy atom. The Balaban J connectivity index is 1.94. The van der Waals surface area contributed by atoms with Crippen LogP contribution in [0.15, 0.2) is 22.0 Å². The van der Waals surface area contributed by atoms with Crippen molar-refractivity contribution in [3.63, 3.8) is 0 Å². The number of aryl methyl sites for hydroxylation is 1. The Hall–Kier alpha value is -2.10. The number of aromatic nitrogens is 1. The summed E-state index contributed by atoms with van der Waals surface area (Å²) in [5.41, 5.74) is 6.67. The van der Waals surface area contributed by atoms with Crippen molar-refractivity contribution in [1.29, 1.82) is 0 Å². The van der Waals surface area contributed by atoms with E-state index in [2.05, 4.69) is 22.3 Å². The van der Waals surface area contributed by atoms with Crippen molar-refractivity contribution in [1.82, 2.24) is 10.5 Å². The summed E-state index contributed by atoms with van der Waals surface area (Å²) in [6, 6.07) is 3.53. The topological polar surface area (TPSA) is 81.2 Å². The van der Waals surface area contributed by atoms with Gasteiger partial charge in [0.25, 0.3) is 5.91 Å². The van der Waals surface area contributed by atoms with Crippen molar-refractivity contribution < 1.29 is 9.32 Å². The monoisotopic (exact) mass is 275 g/mol. The first-order chi connectivity index (χ1) is 9.19. The van der Waals surface area contributed by atoms with Crippen LogP contribution in [0.5, 0.6) is 0 Å². The van der Waals surface area contributed by atoms with Crippen molar-refractivity contribution >= 4 is 17.2 Å². The first kappa shape index (κ1) is 13.3. The largest absolute Gasteiger partial charge is 0.359 e. The summed E-state index contributed by atoms with van der Waals surface area (Å²) in [6.45, 7) is 2.46. The highest BCUT2D eigenvalue weighted by molar-refractivity contribution is 7.10. The van der Waals surface area contributed by atoms with Gasteiger partial charge in [-0.05, 0) is 13.0 Å². The normalized spacial score (nSPS) is 9.79. The van der Waals surface area contributed by atoms with Crippen LogP contribution in [0.4, 0.5) is 0 Å². The number of nitrogens with one attached hydrogen (secondary N) is 1. The first-order valence-corrected chi connectivity index (χ1v) is 6.55. The van der Waals surface area contributed by atoms with Crippen LogP contribution in [0.3, 0.4) is 0 Å². The van der Waals surface area contributed by atoms with Gasteiger partial charge in [0.1, 0.15) is 0 Å². The number of nitrogens with two attached hydrogens (primary N) is 1. The first-order valence-electron chi connectivity index (χ1n) is 5.67. The Labute approximate surface area is 114 Å². The van der Waals surface area contributed by atoms with Crippen LogP contribution in [0.2, 0.25) is 0 Å². The molecular formula is C13H13N3O2S. The van der Waals surface area contributed by atoms with E-state index in [4.69, 9.17) is 10.3 Å². The average molecular weight is 275 g/mol. The van der Waals surface area contributed by atoms with E-state index in [0.29, 0.717) is 24.4 Å². The molecule has 0 unspecified atom stereocenters. The molecule has 98 valence electrons. The third kappa shape index (κ3) is 3.68. The lowest BCUT2D eigenvalue weighted by Gasteiger charge is -1.99. The molecule has 2 aromatic heterocycles. The van der Waals surface area contributed by atoms with Crippen LogP contribution in [-0.2, 0) is 6.54 Å². The average Bonchev–Trinajstić information content (AvgIpc) is 3.02. The van der Waals surface area contributed by atoms with Gasteiger partial charge in [-0.2, -0.15) is 0 Å². The van der Waals surface area contributed by atoms with Crippen molar-refractivity contribution in [3.8, 4) is 11.8 Å². The smallest absolute Gasteiger partial charge is 0.252 e. The predicted octanol–water partition coefficient (Wildman–Crippen LogP) is 1.28. The molecule has 0 fully saturated rings. The predicted molar refractivity (Wildman–Crippen MR) is 72.7 cm³/mol. The maximum absolute atomic E-state index is 11.9. The number of hydrogen-bond donors (Lipinski definition) is 2. The summed E-state index contributed by atoms with van der Waals surface area (Å²) in [5.74, 6) is 6.11. The second-order valence-corrected chi connectivity index (χ2v) is 4.73. The maximum Gasteiger partial charge on any atom is 0.252 e. The number of hydrogen-bond acceptors (Lipinski definition) is 5. The van der Waals surface area contributed by atoms with E-state index in [1.54, 1.807) is 17.5 Å². The molecule has 6 heteroatoms. The van der Waals surface area contributed by atoms with Crippen molar-refractivity contribution in [3.05, 3.63) is 39.4 Å². The fourth-order valence-electron chi connectivity index (χ4n) is 1.43. The van der Waals surface area contributed by atoms with E-state index in [1.165, 1.54) is 11.3 Å². The van der Waals surface area contributed by atoms with Gasteiger partial charge in [-0.15, -0.1) is 11.3 Å². The molecule has 0 aromatic carbocycles. The fourth-order valence-corrected chi connectivity index (χ4v) is 2.18. The van der Waals surface area contributed by atoms with E-state index in [9.17, 15) is 4.79 Å². The summed E-state index contributed by atoms with van der Waals surface area (Å²) in [4.78, 5) is 12.7. The summed E-state index contributed by atoms with van der Waals surface area (Å²) in [6.07, 6.45) is 0. The molecule has 5 nitrogen and oxygen atoms in total. The molecule has 19 heavy (non-hydrogen) atoms. The summed E-state index contributed by atoms with van der Waals surface area (Å²) < 4.78 is 5.01. The fraction of sp³-hybridized carbons (Fsp3) is 0.231. The van der Waals surface area contributed by atoms with Gasteiger partial charge in [-0.3, -0.25) is 4.79 Å². The number of rotatable bonds is 3. The Kier molecular flexibility index (Phi) is 4.34. The van der Waals surface area contributed by atoms with Gasteiger partial charge in [-0.25, -0.2) is 0 Å². The second-order valence-electron chi connectivity index (χ2n) is 3.82. The number of thiophene rings is 1. The van der Waals surface area contributed by atoms with Gasteiger partial charge in [0.2, 0.25) is 0 Å². The molecule has 2 heterocycles. The van der Waals surface area contributed by atoms with Crippen molar-refractivity contribution in [2.24, 2.45) is 5.73 Å². The highest BCUT2D eigenvalue weighted by Gasteiger charge is 2.09. The summed E-state index contributed by atoms with van der Waals surface area (Å²) in [5, 5.41) is 8.28. The van der Waals surface area contributed by atoms with Crippen molar-refractivity contribution in [2.45, 2.75) is 13.5 Å². The Bertz CT molecular complexity index is 634. The van der Waals surface area contributed by atoms with Gasteiger partial charge in [0, 0.05) is 11.4 Å². The van der Waals surface area contributed by atoms with Crippen LogP contribution >= 0.6 is 11.3 Å². The van der Waals surface area contributed by atoms with Crippen LogP contribution in [0.25, 0.3) is 0 Å². The second kappa shape index (κ2) is 6.18. The highest BCUT2D eigenvalue weighted by atomic mass is 32.1. The number of nitrogens with zero attached hydrogens (tertiary/aromatic N) is 1. The molecule has 3 N–H and O–H groups in total. The zero-order valence-corrected chi connectivity index (χ0v) is 11.2. The molecular weight excluding hydrogens is 262 g/mol. The minimum Gasteiger partial charge on any atom is -0.359 e. The number of amides is 1. The minimum atomic E-state index is -0.161. The minimum absolute atomic E-state index is 0.161. The standard InChI is InChI=1S/C13H13N3O2S/c1-9-5-11(18-16-9)7-15-13(17)10-6-12(19-8-10)3-2-4-14/h5-6,8H,4,7,14H2,1H3,(H,15,17). The molecule has 0 aliphatic rings. The molecule has 0 aliphatic carbocycles. The van der Waals surface area contributed by atoms with E-state index in [0.717, 1.165) is 10.6 Å². The molecule has 0 radical (unpaired) electrons. The van der Waals surface area contributed by atoms with E-state index in [1.807, 2.05) is 6.92 Å². The van der Waals surface area contributed by atoms with Crippen LogP contribution in [0, 0.1) is 18.8 Å². The number of carbonyl (C=O) groups is 1. The SMILES string of the molecule is Cc1cc(CNC(=O)c2csc(C#CCN)c2)on1. The quantitative estimate of drug-likeness (QED) is 0.827. The van der Waals surface area contributed by atoms with Crippen LogP contribution < -0.4 is 11.1 Å².